The number of para-hydroxylation sites is 2. The molecule has 0 amide bonds. The standard InChI is InChI=1S/C28H27F4N3O3/c1-17(36)20-8-5-10-22(29)25(20)33-14-13-19(16-33)35-23-11-6-12-24(38-2)26(23)34(27(35)37)15-18-7-3-4-9-21(18)28(30,31)32/h3-12,17,19,36H,13-16H2,1-2H3. The van der Waals surface area contributed by atoms with E-state index in [4.69, 9.17) is 4.74 Å². The number of aliphatic hydroxyl groups is 1. The van der Waals surface area contributed by atoms with E-state index in [0.29, 0.717) is 41.0 Å². The highest BCUT2D eigenvalue weighted by Gasteiger charge is 2.35. The molecule has 2 unspecified atom stereocenters. The van der Waals surface area contributed by atoms with E-state index in [0.717, 1.165) is 6.07 Å². The van der Waals surface area contributed by atoms with Gasteiger partial charge in [-0.2, -0.15) is 13.2 Å². The van der Waals surface area contributed by atoms with Gasteiger partial charge in [0.25, 0.3) is 0 Å². The zero-order chi connectivity index (χ0) is 27.2. The number of imidazole rings is 1. The first-order chi connectivity index (χ1) is 18.1. The summed E-state index contributed by atoms with van der Waals surface area (Å²) in [6.45, 7) is 1.99. The van der Waals surface area contributed by atoms with Crippen LogP contribution in [0.3, 0.4) is 0 Å². The molecule has 200 valence electrons. The van der Waals surface area contributed by atoms with Gasteiger partial charge < -0.3 is 14.7 Å². The predicted molar refractivity (Wildman–Crippen MR) is 136 cm³/mol. The highest BCUT2D eigenvalue weighted by molar-refractivity contribution is 5.83. The first-order valence-electron chi connectivity index (χ1n) is 12.3. The molecule has 3 aromatic carbocycles. The van der Waals surface area contributed by atoms with Crippen molar-refractivity contribution in [2.24, 2.45) is 0 Å². The molecular formula is C28H27F4N3O3. The average molecular weight is 530 g/mol. The Morgan fingerprint density at radius 1 is 1.08 bits per heavy atom. The molecule has 0 bridgehead atoms. The van der Waals surface area contributed by atoms with Crippen LogP contribution < -0.4 is 15.3 Å². The molecule has 38 heavy (non-hydrogen) atoms. The Morgan fingerprint density at radius 2 is 1.82 bits per heavy atom. The summed E-state index contributed by atoms with van der Waals surface area (Å²) in [4.78, 5) is 15.7. The van der Waals surface area contributed by atoms with E-state index in [-0.39, 0.29) is 24.7 Å². The number of halogens is 4. The number of rotatable bonds is 6. The number of alkyl halides is 3. The van der Waals surface area contributed by atoms with E-state index in [1.807, 2.05) is 0 Å². The fourth-order valence-electron chi connectivity index (χ4n) is 5.43. The van der Waals surface area contributed by atoms with Crippen LogP contribution in [0.4, 0.5) is 23.2 Å². The second-order valence-corrected chi connectivity index (χ2v) is 9.46. The molecule has 1 fully saturated rings. The van der Waals surface area contributed by atoms with E-state index in [2.05, 4.69) is 0 Å². The summed E-state index contributed by atoms with van der Waals surface area (Å²) in [5, 5.41) is 10.2. The molecule has 0 aliphatic carbocycles. The van der Waals surface area contributed by atoms with Gasteiger partial charge in [0.05, 0.1) is 42.6 Å². The van der Waals surface area contributed by atoms with Gasteiger partial charge in [-0.1, -0.05) is 36.4 Å². The minimum Gasteiger partial charge on any atom is -0.494 e. The van der Waals surface area contributed by atoms with E-state index in [9.17, 15) is 27.5 Å². The van der Waals surface area contributed by atoms with E-state index < -0.39 is 29.4 Å². The highest BCUT2D eigenvalue weighted by atomic mass is 19.4. The smallest absolute Gasteiger partial charge is 0.416 e. The fourth-order valence-corrected chi connectivity index (χ4v) is 5.43. The molecule has 1 aliphatic heterocycles. The van der Waals surface area contributed by atoms with Gasteiger partial charge in [-0.05, 0) is 43.2 Å². The lowest BCUT2D eigenvalue weighted by Crippen LogP contribution is -2.30. The fraction of sp³-hybridized carbons (Fsp3) is 0.321. The number of aromatic nitrogens is 2. The van der Waals surface area contributed by atoms with Crippen molar-refractivity contribution in [2.75, 3.05) is 25.1 Å². The quantitative estimate of drug-likeness (QED) is 0.334. The summed E-state index contributed by atoms with van der Waals surface area (Å²) < 4.78 is 64.4. The van der Waals surface area contributed by atoms with Gasteiger partial charge in [0.15, 0.2) is 0 Å². The lowest BCUT2D eigenvalue weighted by atomic mass is 10.1. The van der Waals surface area contributed by atoms with Gasteiger partial charge in [-0.25, -0.2) is 9.18 Å². The van der Waals surface area contributed by atoms with Crippen molar-refractivity contribution >= 4 is 16.7 Å². The zero-order valence-electron chi connectivity index (χ0n) is 20.9. The first-order valence-corrected chi connectivity index (χ1v) is 12.3. The molecule has 0 saturated carbocycles. The van der Waals surface area contributed by atoms with Crippen LogP contribution in [0.25, 0.3) is 11.0 Å². The number of anilines is 1. The minimum atomic E-state index is -4.57. The summed E-state index contributed by atoms with van der Waals surface area (Å²) in [6, 6.07) is 14.5. The molecule has 0 radical (unpaired) electrons. The van der Waals surface area contributed by atoms with Gasteiger partial charge in [0, 0.05) is 18.7 Å². The van der Waals surface area contributed by atoms with E-state index >= 15 is 0 Å². The lowest BCUT2D eigenvalue weighted by Gasteiger charge is -2.24. The zero-order valence-corrected chi connectivity index (χ0v) is 20.9. The molecule has 2 heterocycles. The van der Waals surface area contributed by atoms with Crippen molar-refractivity contribution < 1.29 is 27.4 Å². The van der Waals surface area contributed by atoms with Gasteiger partial charge in [0.2, 0.25) is 0 Å². The third-order valence-electron chi connectivity index (χ3n) is 7.13. The van der Waals surface area contributed by atoms with E-state index in [1.165, 1.54) is 42.0 Å². The number of ether oxygens (including phenoxy) is 1. The molecule has 6 nitrogen and oxygen atoms in total. The maximum atomic E-state index is 14.9. The summed E-state index contributed by atoms with van der Waals surface area (Å²) in [5.74, 6) is -0.104. The van der Waals surface area contributed by atoms with Gasteiger partial charge in [-0.3, -0.25) is 9.13 Å². The number of benzene rings is 3. The second-order valence-electron chi connectivity index (χ2n) is 9.46. The van der Waals surface area contributed by atoms with Crippen molar-refractivity contribution in [3.8, 4) is 5.75 Å². The molecular weight excluding hydrogens is 502 g/mol. The number of hydrogen-bond acceptors (Lipinski definition) is 4. The Kier molecular flexibility index (Phi) is 6.68. The molecule has 1 aliphatic rings. The summed E-state index contributed by atoms with van der Waals surface area (Å²) in [5.41, 5.74) is 0.343. The largest absolute Gasteiger partial charge is 0.494 e. The minimum absolute atomic E-state index is 0.0342. The van der Waals surface area contributed by atoms with Crippen molar-refractivity contribution in [2.45, 2.75) is 38.2 Å². The van der Waals surface area contributed by atoms with Crippen LogP contribution in [0.1, 0.15) is 42.2 Å². The topological polar surface area (TPSA) is 59.6 Å². The summed E-state index contributed by atoms with van der Waals surface area (Å²) >= 11 is 0. The predicted octanol–water partition coefficient (Wildman–Crippen LogP) is 5.52. The van der Waals surface area contributed by atoms with Crippen LogP contribution in [-0.4, -0.2) is 34.4 Å². The number of aliphatic hydroxyl groups excluding tert-OH is 1. The third kappa shape index (κ3) is 4.42. The van der Waals surface area contributed by atoms with Gasteiger partial charge in [0.1, 0.15) is 17.1 Å². The molecule has 5 rings (SSSR count). The normalized spacial score (nSPS) is 16.8. The Morgan fingerprint density at radius 3 is 2.53 bits per heavy atom. The molecule has 2 atom stereocenters. The second kappa shape index (κ2) is 9.83. The average Bonchev–Trinajstić information content (AvgIpc) is 3.46. The molecule has 0 spiro atoms. The Balaban J connectivity index is 1.61. The number of hydrogen-bond donors (Lipinski definition) is 1. The third-order valence-corrected chi connectivity index (χ3v) is 7.13. The Bertz CT molecular complexity index is 1540. The number of nitrogens with zero attached hydrogens (tertiary/aromatic N) is 3. The number of fused-ring (bicyclic) bond motifs is 1. The number of methoxy groups -OCH3 is 1. The van der Waals surface area contributed by atoms with Crippen LogP contribution >= 0.6 is 0 Å². The monoisotopic (exact) mass is 529 g/mol. The van der Waals surface area contributed by atoms with Crippen molar-refractivity contribution in [1.82, 2.24) is 9.13 Å². The molecule has 1 saturated heterocycles. The van der Waals surface area contributed by atoms with Crippen molar-refractivity contribution in [3.05, 3.63) is 93.7 Å². The Labute approximate surface area is 216 Å². The maximum Gasteiger partial charge on any atom is 0.416 e. The highest BCUT2D eigenvalue weighted by Crippen LogP contribution is 2.37. The SMILES string of the molecule is COc1cccc2c1n(Cc1ccccc1C(F)(F)F)c(=O)n2C1CCN(c2c(F)cccc2C(C)O)C1. The molecule has 4 aromatic rings. The summed E-state index contributed by atoms with van der Waals surface area (Å²) in [7, 11) is 1.44. The molecule has 1 aromatic heterocycles. The van der Waals surface area contributed by atoms with Crippen molar-refractivity contribution in [3.63, 3.8) is 0 Å². The lowest BCUT2D eigenvalue weighted by molar-refractivity contribution is -0.138. The first kappa shape index (κ1) is 25.8. The van der Waals surface area contributed by atoms with Crippen LogP contribution in [0.5, 0.6) is 5.75 Å². The van der Waals surface area contributed by atoms with Crippen LogP contribution in [-0.2, 0) is 12.7 Å². The van der Waals surface area contributed by atoms with E-state index in [1.54, 1.807) is 40.7 Å². The van der Waals surface area contributed by atoms with Crippen LogP contribution in [0.15, 0.2) is 65.5 Å². The Hall–Kier alpha value is -3.79. The molecule has 1 N–H and O–H groups in total. The van der Waals surface area contributed by atoms with Crippen molar-refractivity contribution in [1.29, 1.82) is 0 Å². The van der Waals surface area contributed by atoms with Gasteiger partial charge >= 0.3 is 11.9 Å². The van der Waals surface area contributed by atoms with Crippen LogP contribution in [0.2, 0.25) is 0 Å². The molecule has 10 heteroatoms. The van der Waals surface area contributed by atoms with Gasteiger partial charge in [-0.15, -0.1) is 0 Å². The summed E-state index contributed by atoms with van der Waals surface area (Å²) in [6.07, 6.45) is -4.96. The maximum absolute atomic E-state index is 14.9. The van der Waals surface area contributed by atoms with Crippen LogP contribution in [0, 0.1) is 5.82 Å².